The number of hydrogen-bond donors (Lipinski definition) is 2. The van der Waals surface area contributed by atoms with Crippen molar-refractivity contribution in [3.05, 3.63) is 65.9 Å². The van der Waals surface area contributed by atoms with Gasteiger partial charge < -0.3 is 24.8 Å². The van der Waals surface area contributed by atoms with Gasteiger partial charge in [0, 0.05) is 17.0 Å². The van der Waals surface area contributed by atoms with E-state index in [9.17, 15) is 14.4 Å². The Balaban J connectivity index is 1.56. The maximum atomic E-state index is 12.5. The second-order valence-electron chi connectivity index (χ2n) is 8.87. The molecule has 0 aliphatic heterocycles. The largest absolute Gasteiger partial charge is 0.493 e. The van der Waals surface area contributed by atoms with E-state index in [-0.39, 0.29) is 11.0 Å². The monoisotopic (exact) mass is 494 g/mol. The van der Waals surface area contributed by atoms with E-state index in [4.69, 9.17) is 14.2 Å². The lowest BCUT2D eigenvalue weighted by molar-refractivity contribution is -0.146. The van der Waals surface area contributed by atoms with Crippen molar-refractivity contribution in [3.8, 4) is 17.2 Å². The molecule has 0 fully saturated rings. The van der Waals surface area contributed by atoms with E-state index in [1.807, 2.05) is 51.1 Å². The summed E-state index contributed by atoms with van der Waals surface area (Å²) in [6.45, 7) is 5.14. The van der Waals surface area contributed by atoms with Crippen LogP contribution in [0.5, 0.6) is 11.5 Å². The molecular formula is C26H30N4O6. The van der Waals surface area contributed by atoms with Gasteiger partial charge >= 0.3 is 5.97 Å². The van der Waals surface area contributed by atoms with Crippen molar-refractivity contribution >= 4 is 23.6 Å². The molecule has 1 aromatic heterocycles. The fourth-order valence-corrected chi connectivity index (χ4v) is 3.21. The van der Waals surface area contributed by atoms with Crippen LogP contribution in [-0.2, 0) is 19.7 Å². The number of hydrogen-bond acceptors (Lipinski definition) is 7. The second kappa shape index (κ2) is 11.4. The zero-order valence-corrected chi connectivity index (χ0v) is 21.0. The summed E-state index contributed by atoms with van der Waals surface area (Å²) in [4.78, 5) is 37.0. The summed E-state index contributed by atoms with van der Waals surface area (Å²) in [5.74, 6) is -0.484. The number of amides is 2. The number of carbonyl (C=O) groups is 3. The predicted octanol–water partition coefficient (Wildman–Crippen LogP) is 3.10. The van der Waals surface area contributed by atoms with Crippen LogP contribution in [0, 0.1) is 0 Å². The van der Waals surface area contributed by atoms with Gasteiger partial charge in [-0.3, -0.25) is 14.4 Å². The van der Waals surface area contributed by atoms with Gasteiger partial charge in [0.25, 0.3) is 11.8 Å². The van der Waals surface area contributed by atoms with Crippen LogP contribution in [0.25, 0.3) is 5.69 Å². The first-order chi connectivity index (χ1) is 17.1. The average molecular weight is 495 g/mol. The fraction of sp³-hybridized carbons (Fsp3) is 0.308. The van der Waals surface area contributed by atoms with Gasteiger partial charge in [0.1, 0.15) is 12.4 Å². The first-order valence-electron chi connectivity index (χ1n) is 11.2. The molecule has 2 aromatic carbocycles. The molecule has 0 aliphatic rings. The highest BCUT2D eigenvalue weighted by atomic mass is 16.5. The summed E-state index contributed by atoms with van der Waals surface area (Å²) in [7, 11) is 2.95. The highest BCUT2D eigenvalue weighted by Gasteiger charge is 2.22. The van der Waals surface area contributed by atoms with E-state index >= 15 is 0 Å². The number of methoxy groups -OCH3 is 2. The fourth-order valence-electron chi connectivity index (χ4n) is 3.21. The lowest BCUT2D eigenvalue weighted by Crippen LogP contribution is -2.32. The molecule has 10 heteroatoms. The van der Waals surface area contributed by atoms with Gasteiger partial charge in [0.05, 0.1) is 25.6 Å². The van der Waals surface area contributed by atoms with Gasteiger partial charge in [-0.2, -0.15) is 5.10 Å². The van der Waals surface area contributed by atoms with Gasteiger partial charge in [-0.15, -0.1) is 0 Å². The minimum atomic E-state index is -0.758. The summed E-state index contributed by atoms with van der Waals surface area (Å²) in [5, 5.41) is 9.83. The maximum absolute atomic E-state index is 12.5. The summed E-state index contributed by atoms with van der Waals surface area (Å²) in [6, 6.07) is 15.8. The molecule has 0 unspecified atom stereocenters. The molecular weight excluding hydrogens is 464 g/mol. The van der Waals surface area contributed by atoms with Gasteiger partial charge in [-0.05, 0) is 30.3 Å². The summed E-state index contributed by atoms with van der Waals surface area (Å²) < 4.78 is 17.0. The molecule has 0 radical (unpaired) electrons. The summed E-state index contributed by atoms with van der Waals surface area (Å²) >= 11 is 0. The number of ether oxygens (including phenoxy) is 3. The molecule has 2 amide bonds. The summed E-state index contributed by atoms with van der Waals surface area (Å²) in [5.41, 5.74) is 1.61. The lowest BCUT2D eigenvalue weighted by atomic mass is 9.92. The number of aromatic nitrogens is 2. The molecule has 36 heavy (non-hydrogen) atoms. The molecule has 0 bridgehead atoms. The van der Waals surface area contributed by atoms with Crippen LogP contribution >= 0.6 is 0 Å². The highest BCUT2D eigenvalue weighted by molar-refractivity contribution is 5.97. The molecule has 3 rings (SSSR count). The van der Waals surface area contributed by atoms with Crippen LogP contribution in [0.3, 0.4) is 0 Å². The van der Waals surface area contributed by atoms with Crippen LogP contribution in [0.15, 0.2) is 54.6 Å². The van der Waals surface area contributed by atoms with Crippen LogP contribution in [0.1, 0.15) is 36.8 Å². The molecule has 10 nitrogen and oxygen atoms in total. The Labute approximate surface area is 209 Å². The van der Waals surface area contributed by atoms with E-state index in [2.05, 4.69) is 15.7 Å². The Morgan fingerprint density at radius 3 is 2.28 bits per heavy atom. The molecule has 2 N–H and O–H groups in total. The van der Waals surface area contributed by atoms with E-state index in [1.54, 1.807) is 16.8 Å². The standard InChI is InChI=1S/C26H30N4O6/c1-26(2,3)21-14-22(30(29-21)18-9-7-6-8-10-18)28-23(31)16-36-24(32)15-27-25(33)17-11-12-19(34-4)20(13-17)35-5/h6-14H,15-16H2,1-5H3,(H,27,33)(H,28,31). The average Bonchev–Trinajstić information content (AvgIpc) is 3.30. The van der Waals surface area contributed by atoms with Crippen LogP contribution < -0.4 is 20.1 Å². The first-order valence-corrected chi connectivity index (χ1v) is 11.2. The minimum absolute atomic E-state index is 0.238. The number of anilines is 1. The highest BCUT2D eigenvalue weighted by Crippen LogP contribution is 2.28. The Hall–Kier alpha value is -4.34. The smallest absolute Gasteiger partial charge is 0.325 e. The molecule has 0 spiro atoms. The van der Waals surface area contributed by atoms with Crippen LogP contribution in [0.2, 0.25) is 0 Å². The molecule has 0 aliphatic carbocycles. The Morgan fingerprint density at radius 1 is 0.944 bits per heavy atom. The van der Waals surface area contributed by atoms with Crippen molar-refractivity contribution in [2.24, 2.45) is 0 Å². The molecule has 0 atom stereocenters. The van der Waals surface area contributed by atoms with Crippen molar-refractivity contribution < 1.29 is 28.6 Å². The molecule has 3 aromatic rings. The Morgan fingerprint density at radius 2 is 1.64 bits per heavy atom. The summed E-state index contributed by atoms with van der Waals surface area (Å²) in [6.07, 6.45) is 0. The van der Waals surface area contributed by atoms with Gasteiger partial charge in [0.2, 0.25) is 0 Å². The zero-order chi connectivity index (χ0) is 26.3. The van der Waals surface area contributed by atoms with Gasteiger partial charge in [-0.25, -0.2) is 4.68 Å². The maximum Gasteiger partial charge on any atom is 0.325 e. The minimum Gasteiger partial charge on any atom is -0.493 e. The number of para-hydroxylation sites is 1. The molecule has 0 saturated heterocycles. The first kappa shape index (κ1) is 26.3. The van der Waals surface area contributed by atoms with E-state index in [0.717, 1.165) is 11.4 Å². The third-order valence-corrected chi connectivity index (χ3v) is 5.15. The van der Waals surface area contributed by atoms with Crippen molar-refractivity contribution in [1.29, 1.82) is 0 Å². The third kappa shape index (κ3) is 6.62. The van der Waals surface area contributed by atoms with E-state index in [1.165, 1.54) is 26.4 Å². The molecule has 0 saturated carbocycles. The van der Waals surface area contributed by atoms with Crippen molar-refractivity contribution in [2.75, 3.05) is 32.7 Å². The molecule has 1 heterocycles. The second-order valence-corrected chi connectivity index (χ2v) is 8.87. The Kier molecular flexibility index (Phi) is 8.31. The van der Waals surface area contributed by atoms with Crippen LogP contribution in [0.4, 0.5) is 5.82 Å². The normalized spacial score (nSPS) is 10.9. The lowest BCUT2D eigenvalue weighted by Gasteiger charge is -2.14. The number of esters is 1. The number of benzene rings is 2. The number of rotatable bonds is 9. The quantitative estimate of drug-likeness (QED) is 0.439. The number of nitrogens with zero attached hydrogens (tertiary/aromatic N) is 2. The third-order valence-electron chi connectivity index (χ3n) is 5.15. The van der Waals surface area contributed by atoms with Gasteiger partial charge in [-0.1, -0.05) is 39.0 Å². The van der Waals surface area contributed by atoms with E-state index < -0.39 is 30.9 Å². The van der Waals surface area contributed by atoms with E-state index in [0.29, 0.717) is 17.3 Å². The van der Waals surface area contributed by atoms with Crippen LogP contribution in [-0.4, -0.2) is 54.9 Å². The number of carbonyl (C=O) groups excluding carboxylic acids is 3. The topological polar surface area (TPSA) is 121 Å². The Bertz CT molecular complexity index is 1230. The van der Waals surface area contributed by atoms with Gasteiger partial charge in [0.15, 0.2) is 18.1 Å². The van der Waals surface area contributed by atoms with Crippen molar-refractivity contribution in [2.45, 2.75) is 26.2 Å². The number of nitrogens with one attached hydrogen (secondary N) is 2. The predicted molar refractivity (Wildman–Crippen MR) is 134 cm³/mol. The molecule has 190 valence electrons. The van der Waals surface area contributed by atoms with Crippen molar-refractivity contribution in [3.63, 3.8) is 0 Å². The van der Waals surface area contributed by atoms with Crippen molar-refractivity contribution in [1.82, 2.24) is 15.1 Å². The zero-order valence-electron chi connectivity index (χ0n) is 21.0. The SMILES string of the molecule is COc1ccc(C(=O)NCC(=O)OCC(=O)Nc2cc(C(C)(C)C)nn2-c2ccccc2)cc1OC.